The first-order valence-corrected chi connectivity index (χ1v) is 10.4. The van der Waals surface area contributed by atoms with Crippen LogP contribution in [0.4, 0.5) is 4.39 Å². The fourth-order valence-corrected chi connectivity index (χ4v) is 3.26. The number of nitrogens with one attached hydrogen (secondary N) is 1. The van der Waals surface area contributed by atoms with Gasteiger partial charge >= 0.3 is 0 Å². The Kier molecular flexibility index (Phi) is 9.32. The first-order valence-electron chi connectivity index (χ1n) is 10.4. The van der Waals surface area contributed by atoms with E-state index in [1.54, 1.807) is 30.2 Å². The van der Waals surface area contributed by atoms with E-state index in [4.69, 9.17) is 4.74 Å². The second-order valence-electron chi connectivity index (χ2n) is 7.21. The lowest BCUT2D eigenvalue weighted by atomic mass is 10.1. The van der Waals surface area contributed by atoms with Crippen LogP contribution < -0.4 is 10.1 Å². The van der Waals surface area contributed by atoms with Crippen molar-refractivity contribution in [3.63, 3.8) is 0 Å². The summed E-state index contributed by atoms with van der Waals surface area (Å²) in [5, 5.41) is 2.92. The zero-order valence-corrected chi connectivity index (χ0v) is 18.0. The number of nitrogens with zero attached hydrogens (tertiary/aromatic N) is 1. The zero-order valence-electron chi connectivity index (χ0n) is 18.0. The lowest BCUT2D eigenvalue weighted by molar-refractivity contribution is -0.141. The molecule has 0 spiro atoms. The first kappa shape index (κ1) is 23.4. The SMILES string of the molecule is CCCCNC(=O)[C@H](CC)N(Cc1ccc(OC)cc1)C(=O)Cc1ccccc1F. The van der Waals surface area contributed by atoms with Gasteiger partial charge in [0.2, 0.25) is 11.8 Å². The minimum absolute atomic E-state index is 0.0957. The van der Waals surface area contributed by atoms with Crippen LogP contribution in [0, 0.1) is 5.82 Å². The molecule has 5 nitrogen and oxygen atoms in total. The molecule has 30 heavy (non-hydrogen) atoms. The van der Waals surface area contributed by atoms with E-state index >= 15 is 0 Å². The van der Waals surface area contributed by atoms with Gasteiger partial charge in [-0.1, -0.05) is 50.6 Å². The second kappa shape index (κ2) is 12.0. The van der Waals surface area contributed by atoms with Crippen molar-refractivity contribution in [1.29, 1.82) is 0 Å². The fraction of sp³-hybridized carbons (Fsp3) is 0.417. The predicted octanol–water partition coefficient (Wildman–Crippen LogP) is 4.10. The van der Waals surface area contributed by atoms with E-state index in [9.17, 15) is 14.0 Å². The monoisotopic (exact) mass is 414 g/mol. The Morgan fingerprint density at radius 3 is 2.40 bits per heavy atom. The van der Waals surface area contributed by atoms with Crippen molar-refractivity contribution in [3.8, 4) is 5.75 Å². The topological polar surface area (TPSA) is 58.6 Å². The summed E-state index contributed by atoms with van der Waals surface area (Å²) in [6, 6.07) is 13.0. The van der Waals surface area contributed by atoms with Crippen LogP contribution >= 0.6 is 0 Å². The van der Waals surface area contributed by atoms with Crippen molar-refractivity contribution in [3.05, 3.63) is 65.5 Å². The normalized spacial score (nSPS) is 11.6. The van der Waals surface area contributed by atoms with E-state index < -0.39 is 11.9 Å². The van der Waals surface area contributed by atoms with Crippen molar-refractivity contribution < 1.29 is 18.7 Å². The number of amides is 2. The summed E-state index contributed by atoms with van der Waals surface area (Å²) < 4.78 is 19.3. The fourth-order valence-electron chi connectivity index (χ4n) is 3.26. The quantitative estimate of drug-likeness (QED) is 0.563. The molecule has 2 rings (SSSR count). The maximum Gasteiger partial charge on any atom is 0.242 e. The third-order valence-corrected chi connectivity index (χ3v) is 5.03. The summed E-state index contributed by atoms with van der Waals surface area (Å²) in [4.78, 5) is 27.5. The van der Waals surface area contributed by atoms with E-state index in [2.05, 4.69) is 12.2 Å². The van der Waals surface area contributed by atoms with Gasteiger partial charge in [0.05, 0.1) is 13.5 Å². The average Bonchev–Trinajstić information content (AvgIpc) is 2.75. The van der Waals surface area contributed by atoms with Gasteiger partial charge in [0.25, 0.3) is 0 Å². The number of hydrogen-bond acceptors (Lipinski definition) is 3. The minimum Gasteiger partial charge on any atom is -0.497 e. The van der Waals surface area contributed by atoms with Crippen molar-refractivity contribution in [2.24, 2.45) is 0 Å². The minimum atomic E-state index is -0.622. The van der Waals surface area contributed by atoms with E-state index in [1.807, 2.05) is 31.2 Å². The highest BCUT2D eigenvalue weighted by atomic mass is 19.1. The number of rotatable bonds is 11. The van der Waals surface area contributed by atoms with Crippen molar-refractivity contribution in [2.45, 2.75) is 52.1 Å². The number of hydrogen-bond donors (Lipinski definition) is 1. The Morgan fingerprint density at radius 1 is 1.10 bits per heavy atom. The lowest BCUT2D eigenvalue weighted by Gasteiger charge is -2.31. The molecule has 0 radical (unpaired) electrons. The van der Waals surface area contributed by atoms with Gasteiger partial charge in [-0.2, -0.15) is 0 Å². The number of ether oxygens (including phenoxy) is 1. The van der Waals surface area contributed by atoms with Crippen LogP contribution in [0.25, 0.3) is 0 Å². The van der Waals surface area contributed by atoms with Gasteiger partial charge in [0.1, 0.15) is 17.6 Å². The maximum absolute atomic E-state index is 14.1. The highest BCUT2D eigenvalue weighted by molar-refractivity contribution is 5.88. The van der Waals surface area contributed by atoms with Gasteiger partial charge in [-0.05, 0) is 42.2 Å². The van der Waals surface area contributed by atoms with Crippen LogP contribution in [-0.2, 0) is 22.6 Å². The molecule has 0 aromatic heterocycles. The van der Waals surface area contributed by atoms with Gasteiger partial charge in [0, 0.05) is 13.1 Å². The lowest BCUT2D eigenvalue weighted by Crippen LogP contribution is -2.49. The van der Waals surface area contributed by atoms with Gasteiger partial charge < -0.3 is 15.0 Å². The van der Waals surface area contributed by atoms with Crippen molar-refractivity contribution >= 4 is 11.8 Å². The Hall–Kier alpha value is -2.89. The van der Waals surface area contributed by atoms with Crippen LogP contribution in [0.1, 0.15) is 44.2 Å². The smallest absolute Gasteiger partial charge is 0.242 e. The summed E-state index contributed by atoms with van der Waals surface area (Å²) in [6.45, 7) is 4.76. The van der Waals surface area contributed by atoms with E-state index in [-0.39, 0.29) is 24.8 Å². The number of halogens is 1. The molecule has 0 aliphatic carbocycles. The molecule has 6 heteroatoms. The molecule has 0 heterocycles. The Labute approximate surface area is 178 Å². The summed E-state index contributed by atoms with van der Waals surface area (Å²) in [6.07, 6.45) is 2.22. The number of unbranched alkanes of at least 4 members (excludes halogenated alkanes) is 1. The van der Waals surface area contributed by atoms with Crippen molar-refractivity contribution in [2.75, 3.05) is 13.7 Å². The Morgan fingerprint density at radius 2 is 1.80 bits per heavy atom. The highest BCUT2D eigenvalue weighted by Gasteiger charge is 2.28. The van der Waals surface area contributed by atoms with E-state index in [1.165, 1.54) is 6.07 Å². The first-order chi connectivity index (χ1) is 14.5. The molecule has 0 aliphatic heterocycles. The number of methoxy groups -OCH3 is 1. The molecule has 0 bridgehead atoms. The van der Waals surface area contributed by atoms with Crippen LogP contribution in [0.5, 0.6) is 5.75 Å². The molecule has 0 unspecified atom stereocenters. The van der Waals surface area contributed by atoms with Gasteiger partial charge in [-0.3, -0.25) is 9.59 Å². The maximum atomic E-state index is 14.1. The Bertz CT molecular complexity index is 823. The summed E-state index contributed by atoms with van der Waals surface area (Å²) in [7, 11) is 1.59. The predicted molar refractivity (Wildman–Crippen MR) is 116 cm³/mol. The standard InChI is InChI=1S/C24H31FN2O3/c1-4-6-15-26-24(29)22(5-2)27(17-18-11-13-20(30-3)14-12-18)23(28)16-19-9-7-8-10-21(19)25/h7-14,22H,4-6,15-17H2,1-3H3,(H,26,29)/t22-/m0/s1. The average molecular weight is 415 g/mol. The van der Waals surface area contributed by atoms with Crippen LogP contribution in [0.15, 0.2) is 48.5 Å². The molecule has 0 saturated heterocycles. The number of benzene rings is 2. The van der Waals surface area contributed by atoms with Crippen LogP contribution in [0.3, 0.4) is 0 Å². The number of carbonyl (C=O) groups is 2. The third-order valence-electron chi connectivity index (χ3n) is 5.03. The van der Waals surface area contributed by atoms with Crippen molar-refractivity contribution in [1.82, 2.24) is 10.2 Å². The van der Waals surface area contributed by atoms with Gasteiger partial charge in [-0.15, -0.1) is 0 Å². The van der Waals surface area contributed by atoms with E-state index in [0.29, 0.717) is 24.3 Å². The molecule has 0 saturated carbocycles. The molecule has 0 fully saturated rings. The second-order valence-corrected chi connectivity index (χ2v) is 7.21. The van der Waals surface area contributed by atoms with Crippen LogP contribution in [-0.4, -0.2) is 36.4 Å². The molecular formula is C24H31FN2O3. The molecule has 2 aromatic carbocycles. The zero-order chi connectivity index (χ0) is 21.9. The van der Waals surface area contributed by atoms with E-state index in [0.717, 1.165) is 18.4 Å². The van der Waals surface area contributed by atoms with Gasteiger partial charge in [0.15, 0.2) is 0 Å². The molecule has 0 aliphatic rings. The van der Waals surface area contributed by atoms with Gasteiger partial charge in [-0.25, -0.2) is 4.39 Å². The summed E-state index contributed by atoms with van der Waals surface area (Å²) in [5.41, 5.74) is 1.20. The summed E-state index contributed by atoms with van der Waals surface area (Å²) in [5.74, 6) is -0.169. The largest absolute Gasteiger partial charge is 0.497 e. The Balaban J connectivity index is 2.25. The molecule has 2 aromatic rings. The molecule has 162 valence electrons. The third kappa shape index (κ3) is 6.58. The van der Waals surface area contributed by atoms with Crippen LogP contribution in [0.2, 0.25) is 0 Å². The summed E-state index contributed by atoms with van der Waals surface area (Å²) >= 11 is 0. The molecule has 2 amide bonds. The molecule has 1 N–H and O–H groups in total. The number of carbonyl (C=O) groups excluding carboxylic acids is 2. The molecule has 1 atom stereocenters. The molecular weight excluding hydrogens is 383 g/mol. The highest BCUT2D eigenvalue weighted by Crippen LogP contribution is 2.18.